The van der Waals surface area contributed by atoms with Gasteiger partial charge in [0.15, 0.2) is 0 Å². The lowest BCUT2D eigenvalue weighted by atomic mass is 10.00. The van der Waals surface area contributed by atoms with E-state index in [9.17, 15) is 14.7 Å². The molecule has 7 heteroatoms. The molecule has 2 aromatic rings. The Kier molecular flexibility index (Phi) is 8.23. The molecule has 1 aliphatic rings. The molecule has 7 nitrogen and oxygen atoms in total. The number of hydrogen-bond acceptors (Lipinski definition) is 5. The van der Waals surface area contributed by atoms with Gasteiger partial charge in [0.1, 0.15) is 6.61 Å². The van der Waals surface area contributed by atoms with E-state index in [0.29, 0.717) is 12.0 Å². The molecule has 3 rings (SSSR count). The van der Waals surface area contributed by atoms with E-state index in [1.54, 1.807) is 6.07 Å². The minimum Gasteiger partial charge on any atom is -0.445 e. The molecule has 0 radical (unpaired) electrons. The second-order valence-electron chi connectivity index (χ2n) is 7.44. The van der Waals surface area contributed by atoms with Crippen LogP contribution in [-0.4, -0.2) is 47.9 Å². The first-order valence-corrected chi connectivity index (χ1v) is 10.4. The molecule has 0 aromatic heterocycles. The number of carbonyl (C=O) groups is 2. The molecule has 2 aromatic carbocycles. The Balaban J connectivity index is 1.56. The van der Waals surface area contributed by atoms with Crippen LogP contribution in [0.25, 0.3) is 0 Å². The summed E-state index contributed by atoms with van der Waals surface area (Å²) >= 11 is 0. The predicted octanol–water partition coefficient (Wildman–Crippen LogP) is 2.65. The van der Waals surface area contributed by atoms with Crippen molar-refractivity contribution >= 4 is 12.0 Å². The molecular weight excluding hydrogens is 382 g/mol. The maximum absolute atomic E-state index is 12.8. The summed E-state index contributed by atoms with van der Waals surface area (Å²) in [6, 6.07) is 16.1. The maximum atomic E-state index is 12.8. The molecule has 1 aliphatic heterocycles. The minimum absolute atomic E-state index is 0.152. The molecular formula is C23H29N3O4. The van der Waals surface area contributed by atoms with Crippen LogP contribution in [0.4, 0.5) is 4.79 Å². The first kappa shape index (κ1) is 21.8. The van der Waals surface area contributed by atoms with Crippen LogP contribution < -0.4 is 10.7 Å². The number of nitrogens with zero attached hydrogens (tertiary/aromatic N) is 1. The van der Waals surface area contributed by atoms with Crippen LogP contribution in [0.1, 0.15) is 40.7 Å². The van der Waals surface area contributed by atoms with Gasteiger partial charge >= 0.3 is 6.09 Å². The van der Waals surface area contributed by atoms with Gasteiger partial charge in [-0.3, -0.25) is 10.2 Å². The summed E-state index contributed by atoms with van der Waals surface area (Å²) in [5.74, 6) is -0.171. The third kappa shape index (κ3) is 6.57. The molecule has 1 fully saturated rings. The van der Waals surface area contributed by atoms with Gasteiger partial charge in [-0.25, -0.2) is 9.80 Å². The lowest BCUT2D eigenvalue weighted by molar-refractivity contribution is 0.0748. The van der Waals surface area contributed by atoms with E-state index in [2.05, 4.69) is 10.7 Å². The summed E-state index contributed by atoms with van der Waals surface area (Å²) in [4.78, 5) is 24.9. The standard InChI is InChI=1S/C23H29N3O4/c27-16-20(24-23(29)30-17-18-9-3-1-4-10-18)15-19-11-5-6-12-21(19)22(28)25-26-13-7-2-8-14-26/h1,3-6,9-12,20,27H,2,7-8,13-17H2,(H,24,29)(H,25,28)/t20-/m1/s1. The van der Waals surface area contributed by atoms with Crippen molar-refractivity contribution in [2.75, 3.05) is 19.7 Å². The Morgan fingerprint density at radius 1 is 1.00 bits per heavy atom. The Morgan fingerprint density at radius 3 is 2.43 bits per heavy atom. The highest BCUT2D eigenvalue weighted by molar-refractivity contribution is 5.95. The van der Waals surface area contributed by atoms with Gasteiger partial charge in [-0.2, -0.15) is 0 Å². The molecule has 0 bridgehead atoms. The molecule has 0 aliphatic carbocycles. The zero-order chi connectivity index (χ0) is 21.2. The van der Waals surface area contributed by atoms with Crippen LogP contribution in [0.2, 0.25) is 0 Å². The summed E-state index contributed by atoms with van der Waals surface area (Å²) in [5, 5.41) is 14.4. The minimum atomic E-state index is -0.604. The highest BCUT2D eigenvalue weighted by Crippen LogP contribution is 2.13. The fraction of sp³-hybridized carbons (Fsp3) is 0.391. The SMILES string of the molecule is O=C(N[C@@H](CO)Cc1ccccc1C(=O)NN1CCCCC1)OCc1ccccc1. The van der Waals surface area contributed by atoms with Crippen LogP contribution in [0.5, 0.6) is 0 Å². The van der Waals surface area contributed by atoms with Crippen molar-refractivity contribution in [3.63, 3.8) is 0 Å². The number of piperidine rings is 1. The molecule has 0 unspecified atom stereocenters. The third-order valence-corrected chi connectivity index (χ3v) is 5.10. The number of carbonyl (C=O) groups excluding carboxylic acids is 2. The van der Waals surface area contributed by atoms with Crippen molar-refractivity contribution in [2.24, 2.45) is 0 Å². The van der Waals surface area contributed by atoms with E-state index in [1.165, 1.54) is 6.42 Å². The van der Waals surface area contributed by atoms with Crippen LogP contribution in [0.3, 0.4) is 0 Å². The van der Waals surface area contributed by atoms with E-state index in [4.69, 9.17) is 4.74 Å². The molecule has 1 saturated heterocycles. The number of hydrogen-bond donors (Lipinski definition) is 3. The molecule has 1 heterocycles. The molecule has 3 N–H and O–H groups in total. The van der Waals surface area contributed by atoms with E-state index in [0.717, 1.165) is 37.1 Å². The lowest BCUT2D eigenvalue weighted by Crippen LogP contribution is -2.45. The zero-order valence-electron chi connectivity index (χ0n) is 17.0. The first-order chi connectivity index (χ1) is 14.7. The fourth-order valence-electron chi connectivity index (χ4n) is 3.49. The molecule has 30 heavy (non-hydrogen) atoms. The monoisotopic (exact) mass is 411 g/mol. The number of aliphatic hydroxyl groups is 1. The van der Waals surface area contributed by atoms with Crippen LogP contribution in [0, 0.1) is 0 Å². The number of hydrazine groups is 1. The fourth-order valence-corrected chi connectivity index (χ4v) is 3.49. The number of alkyl carbamates (subject to hydrolysis) is 1. The average Bonchev–Trinajstić information content (AvgIpc) is 2.79. The summed E-state index contributed by atoms with van der Waals surface area (Å²) in [5.41, 5.74) is 5.15. The van der Waals surface area contributed by atoms with E-state index < -0.39 is 12.1 Å². The molecule has 0 saturated carbocycles. The second kappa shape index (κ2) is 11.3. The number of ether oxygens (including phenoxy) is 1. The van der Waals surface area contributed by atoms with Crippen molar-refractivity contribution in [3.05, 3.63) is 71.3 Å². The molecule has 0 spiro atoms. The smallest absolute Gasteiger partial charge is 0.407 e. The van der Waals surface area contributed by atoms with Crippen LogP contribution in [0.15, 0.2) is 54.6 Å². The maximum Gasteiger partial charge on any atom is 0.407 e. The Labute approximate surface area is 177 Å². The molecule has 160 valence electrons. The van der Waals surface area contributed by atoms with Gasteiger partial charge in [0.05, 0.1) is 12.6 Å². The van der Waals surface area contributed by atoms with Crippen molar-refractivity contribution < 1.29 is 19.4 Å². The van der Waals surface area contributed by atoms with Gasteiger partial charge in [0.2, 0.25) is 0 Å². The molecule has 1 atom stereocenters. The van der Waals surface area contributed by atoms with E-state index in [1.807, 2.05) is 53.5 Å². The summed E-state index contributed by atoms with van der Waals surface area (Å²) in [6.07, 6.45) is 3.05. The van der Waals surface area contributed by atoms with Crippen LogP contribution in [-0.2, 0) is 17.8 Å². The highest BCUT2D eigenvalue weighted by atomic mass is 16.5. The van der Waals surface area contributed by atoms with Crippen molar-refractivity contribution in [1.82, 2.24) is 15.8 Å². The largest absolute Gasteiger partial charge is 0.445 e. The number of amides is 2. The van der Waals surface area contributed by atoms with Gasteiger partial charge in [-0.05, 0) is 36.5 Å². The summed E-state index contributed by atoms with van der Waals surface area (Å²) in [7, 11) is 0. The zero-order valence-corrected chi connectivity index (χ0v) is 17.0. The third-order valence-electron chi connectivity index (χ3n) is 5.10. The quantitative estimate of drug-likeness (QED) is 0.621. The van der Waals surface area contributed by atoms with Crippen molar-refractivity contribution in [2.45, 2.75) is 38.3 Å². The Morgan fingerprint density at radius 2 is 1.70 bits per heavy atom. The number of aliphatic hydroxyl groups excluding tert-OH is 1. The summed E-state index contributed by atoms with van der Waals surface area (Å²) < 4.78 is 5.23. The number of rotatable bonds is 8. The second-order valence-corrected chi connectivity index (χ2v) is 7.44. The van der Waals surface area contributed by atoms with Gasteiger partial charge in [0.25, 0.3) is 5.91 Å². The number of benzene rings is 2. The predicted molar refractivity (Wildman–Crippen MR) is 114 cm³/mol. The Hall–Kier alpha value is -2.90. The van der Waals surface area contributed by atoms with Crippen LogP contribution >= 0.6 is 0 Å². The first-order valence-electron chi connectivity index (χ1n) is 10.4. The topological polar surface area (TPSA) is 90.9 Å². The van der Waals surface area contributed by atoms with Gasteiger partial charge in [-0.15, -0.1) is 0 Å². The number of nitrogens with one attached hydrogen (secondary N) is 2. The van der Waals surface area contributed by atoms with E-state index >= 15 is 0 Å². The average molecular weight is 412 g/mol. The Bertz CT molecular complexity index is 822. The lowest BCUT2D eigenvalue weighted by Gasteiger charge is -2.27. The normalized spacial score (nSPS) is 15.2. The highest BCUT2D eigenvalue weighted by Gasteiger charge is 2.19. The van der Waals surface area contributed by atoms with Crippen molar-refractivity contribution in [3.8, 4) is 0 Å². The van der Waals surface area contributed by atoms with E-state index in [-0.39, 0.29) is 19.1 Å². The van der Waals surface area contributed by atoms with Gasteiger partial charge < -0.3 is 15.2 Å². The van der Waals surface area contributed by atoms with Gasteiger partial charge in [-0.1, -0.05) is 55.0 Å². The van der Waals surface area contributed by atoms with Gasteiger partial charge in [0, 0.05) is 18.7 Å². The summed E-state index contributed by atoms with van der Waals surface area (Å²) in [6.45, 7) is 1.59. The van der Waals surface area contributed by atoms with Crippen molar-refractivity contribution in [1.29, 1.82) is 0 Å². The molecule has 2 amide bonds.